The lowest BCUT2D eigenvalue weighted by atomic mass is 9.93. The zero-order valence-electron chi connectivity index (χ0n) is 14.9. The lowest BCUT2D eigenvalue weighted by molar-refractivity contribution is -0.122. The maximum absolute atomic E-state index is 11.6. The highest BCUT2D eigenvalue weighted by Gasteiger charge is 2.29. The number of carbonyl (C=O) groups is 2. The van der Waals surface area contributed by atoms with E-state index in [1.807, 2.05) is 0 Å². The molecule has 7 heteroatoms. The number of hydrogen-bond donors (Lipinski definition) is 3. The maximum atomic E-state index is 11.6. The Bertz CT molecular complexity index is 454. The fraction of sp³-hybridized carbons (Fsp3) is 0.824. The molecule has 3 N–H and O–H groups in total. The van der Waals surface area contributed by atoms with Crippen LogP contribution in [0.15, 0.2) is 4.99 Å². The number of rotatable bonds is 7. The second-order valence-corrected chi connectivity index (χ2v) is 6.61. The summed E-state index contributed by atoms with van der Waals surface area (Å²) in [6, 6.07) is 0. The van der Waals surface area contributed by atoms with Gasteiger partial charge < -0.3 is 20.9 Å². The largest absolute Gasteiger partial charge is 0.359 e. The van der Waals surface area contributed by atoms with E-state index in [1.165, 1.54) is 0 Å². The minimum atomic E-state index is 0.125. The van der Waals surface area contributed by atoms with Gasteiger partial charge in [0.2, 0.25) is 11.8 Å². The van der Waals surface area contributed by atoms with Crippen LogP contribution in [0.1, 0.15) is 39.0 Å². The summed E-state index contributed by atoms with van der Waals surface area (Å²) in [6.45, 7) is 5.91. The second kappa shape index (κ2) is 9.49. The van der Waals surface area contributed by atoms with Gasteiger partial charge in [0.25, 0.3) is 0 Å². The average Bonchev–Trinajstić information content (AvgIpc) is 3.43. The monoisotopic (exact) mass is 337 g/mol. The van der Waals surface area contributed by atoms with Crippen molar-refractivity contribution in [2.75, 3.05) is 39.8 Å². The molecule has 1 saturated carbocycles. The minimum absolute atomic E-state index is 0.125. The number of carbonyl (C=O) groups excluding carboxylic acids is 2. The Morgan fingerprint density at radius 3 is 2.42 bits per heavy atom. The van der Waals surface area contributed by atoms with Crippen molar-refractivity contribution >= 4 is 17.8 Å². The lowest BCUT2D eigenvalue weighted by Crippen LogP contribution is -2.46. The first-order valence-electron chi connectivity index (χ1n) is 9.15. The maximum Gasteiger partial charge on any atom is 0.223 e. The van der Waals surface area contributed by atoms with Crippen LogP contribution in [0, 0.1) is 11.8 Å². The van der Waals surface area contributed by atoms with Crippen molar-refractivity contribution in [1.82, 2.24) is 20.9 Å². The van der Waals surface area contributed by atoms with Gasteiger partial charge in [0.15, 0.2) is 5.96 Å². The Morgan fingerprint density at radius 1 is 1.12 bits per heavy atom. The van der Waals surface area contributed by atoms with Gasteiger partial charge in [-0.1, -0.05) is 0 Å². The third-order valence-electron chi connectivity index (χ3n) is 4.62. The van der Waals surface area contributed by atoms with E-state index >= 15 is 0 Å². The first kappa shape index (κ1) is 18.5. The molecule has 0 aromatic heterocycles. The topological polar surface area (TPSA) is 85.8 Å². The number of piperidine rings is 1. The van der Waals surface area contributed by atoms with Crippen LogP contribution in [0.2, 0.25) is 0 Å². The minimum Gasteiger partial charge on any atom is -0.359 e. The number of nitrogens with one attached hydrogen (secondary N) is 3. The van der Waals surface area contributed by atoms with Gasteiger partial charge in [0.05, 0.1) is 6.54 Å². The van der Waals surface area contributed by atoms with Crippen molar-refractivity contribution in [2.45, 2.75) is 39.0 Å². The molecular formula is C17H31N5O2. The Morgan fingerprint density at radius 2 is 1.83 bits per heavy atom. The lowest BCUT2D eigenvalue weighted by Gasteiger charge is -2.34. The molecule has 1 aliphatic carbocycles. The quantitative estimate of drug-likeness (QED) is 0.355. The first-order chi connectivity index (χ1) is 11.6. The SMILES string of the molecule is CCNC(=NCCNC(=O)C1CC1)N1CCC(CC(=O)NC)CC1. The molecule has 0 unspecified atom stereocenters. The predicted molar refractivity (Wildman–Crippen MR) is 94.7 cm³/mol. The molecule has 7 nitrogen and oxygen atoms in total. The normalized spacial score (nSPS) is 19.1. The average molecular weight is 337 g/mol. The third kappa shape index (κ3) is 6.02. The number of guanidine groups is 1. The van der Waals surface area contributed by atoms with Crippen LogP contribution < -0.4 is 16.0 Å². The van der Waals surface area contributed by atoms with Crippen molar-refractivity contribution < 1.29 is 9.59 Å². The standard InChI is InChI=1S/C17H31N5O2/c1-3-19-17(21-9-8-20-16(24)14-4-5-14)22-10-6-13(7-11-22)12-15(23)18-2/h13-14H,3-12H2,1-2H3,(H,18,23)(H,19,21)(H,20,24). The summed E-state index contributed by atoms with van der Waals surface area (Å²) in [5.41, 5.74) is 0. The van der Waals surface area contributed by atoms with E-state index in [1.54, 1.807) is 7.05 Å². The summed E-state index contributed by atoms with van der Waals surface area (Å²) in [4.78, 5) is 30.0. The van der Waals surface area contributed by atoms with E-state index in [2.05, 4.69) is 32.8 Å². The highest BCUT2D eigenvalue weighted by Crippen LogP contribution is 2.28. The van der Waals surface area contributed by atoms with Crippen LogP contribution in [0.4, 0.5) is 0 Å². The highest BCUT2D eigenvalue weighted by molar-refractivity contribution is 5.81. The molecule has 2 rings (SSSR count). The molecule has 0 spiro atoms. The number of aliphatic imine (C=N–C) groups is 1. The van der Waals surface area contributed by atoms with E-state index in [0.717, 1.165) is 51.3 Å². The van der Waals surface area contributed by atoms with Gasteiger partial charge >= 0.3 is 0 Å². The van der Waals surface area contributed by atoms with Gasteiger partial charge in [-0.25, -0.2) is 0 Å². The number of amides is 2. The van der Waals surface area contributed by atoms with Crippen molar-refractivity contribution in [2.24, 2.45) is 16.8 Å². The van der Waals surface area contributed by atoms with Gasteiger partial charge in [-0.05, 0) is 38.5 Å². The highest BCUT2D eigenvalue weighted by atomic mass is 16.2. The van der Waals surface area contributed by atoms with Gasteiger partial charge in [0, 0.05) is 45.6 Å². The summed E-state index contributed by atoms with van der Waals surface area (Å²) < 4.78 is 0. The number of likely N-dealkylation sites (tertiary alicyclic amines) is 1. The van der Waals surface area contributed by atoms with E-state index < -0.39 is 0 Å². The molecule has 2 aliphatic rings. The fourth-order valence-corrected chi connectivity index (χ4v) is 2.97. The Labute approximate surface area is 144 Å². The number of hydrogen-bond acceptors (Lipinski definition) is 3. The molecule has 0 aromatic carbocycles. The van der Waals surface area contributed by atoms with Gasteiger partial charge in [-0.2, -0.15) is 0 Å². The van der Waals surface area contributed by atoms with Crippen molar-refractivity contribution in [3.63, 3.8) is 0 Å². The molecule has 2 amide bonds. The van der Waals surface area contributed by atoms with Crippen LogP contribution in [-0.2, 0) is 9.59 Å². The Kier molecular flexibility index (Phi) is 7.34. The van der Waals surface area contributed by atoms with Crippen LogP contribution in [0.5, 0.6) is 0 Å². The second-order valence-electron chi connectivity index (χ2n) is 6.61. The van der Waals surface area contributed by atoms with Crippen LogP contribution >= 0.6 is 0 Å². The molecule has 0 atom stereocenters. The summed E-state index contributed by atoms with van der Waals surface area (Å²) in [5.74, 6) is 1.92. The Balaban J connectivity index is 1.74. The summed E-state index contributed by atoms with van der Waals surface area (Å²) in [6.07, 6.45) is 4.70. The summed E-state index contributed by atoms with van der Waals surface area (Å²) in [5, 5.41) is 8.97. The molecule has 0 radical (unpaired) electrons. The molecular weight excluding hydrogens is 306 g/mol. The molecule has 0 aromatic rings. The van der Waals surface area contributed by atoms with Crippen LogP contribution in [0.3, 0.4) is 0 Å². The van der Waals surface area contributed by atoms with E-state index in [4.69, 9.17) is 0 Å². The molecule has 0 bridgehead atoms. The van der Waals surface area contributed by atoms with Gasteiger partial charge in [0.1, 0.15) is 0 Å². The number of nitrogens with zero attached hydrogens (tertiary/aromatic N) is 2. The van der Waals surface area contributed by atoms with Gasteiger partial charge in [-0.3, -0.25) is 14.6 Å². The van der Waals surface area contributed by atoms with E-state index in [-0.39, 0.29) is 17.7 Å². The molecule has 24 heavy (non-hydrogen) atoms. The van der Waals surface area contributed by atoms with E-state index in [9.17, 15) is 9.59 Å². The van der Waals surface area contributed by atoms with Crippen LogP contribution in [0.25, 0.3) is 0 Å². The van der Waals surface area contributed by atoms with E-state index in [0.29, 0.717) is 25.4 Å². The predicted octanol–water partition coefficient (Wildman–Crippen LogP) is 0.326. The first-order valence-corrected chi connectivity index (χ1v) is 9.15. The molecule has 136 valence electrons. The van der Waals surface area contributed by atoms with Gasteiger partial charge in [-0.15, -0.1) is 0 Å². The smallest absolute Gasteiger partial charge is 0.223 e. The molecule has 1 aliphatic heterocycles. The zero-order valence-corrected chi connectivity index (χ0v) is 14.9. The zero-order chi connectivity index (χ0) is 17.4. The molecule has 1 saturated heterocycles. The molecule has 1 heterocycles. The van der Waals surface area contributed by atoms with Crippen molar-refractivity contribution in [3.8, 4) is 0 Å². The fourth-order valence-electron chi connectivity index (χ4n) is 2.97. The Hall–Kier alpha value is -1.79. The summed E-state index contributed by atoms with van der Waals surface area (Å²) >= 11 is 0. The summed E-state index contributed by atoms with van der Waals surface area (Å²) in [7, 11) is 1.69. The van der Waals surface area contributed by atoms with Crippen LogP contribution in [-0.4, -0.2) is 62.4 Å². The van der Waals surface area contributed by atoms with Crippen molar-refractivity contribution in [3.05, 3.63) is 0 Å². The van der Waals surface area contributed by atoms with Crippen molar-refractivity contribution in [1.29, 1.82) is 0 Å². The molecule has 2 fully saturated rings. The third-order valence-corrected chi connectivity index (χ3v) is 4.62.